The summed E-state index contributed by atoms with van der Waals surface area (Å²) >= 11 is 0. The van der Waals surface area contributed by atoms with Crippen molar-refractivity contribution in [1.29, 1.82) is 0 Å². The van der Waals surface area contributed by atoms with E-state index in [4.69, 9.17) is 9.40 Å². The van der Waals surface area contributed by atoms with Crippen LogP contribution in [0, 0.1) is 12.1 Å². The first-order chi connectivity index (χ1) is 14.4. The Bertz CT molecular complexity index is 1130. The van der Waals surface area contributed by atoms with Crippen LogP contribution in [0.15, 0.2) is 102 Å². The molecule has 5 nitrogen and oxygen atoms in total. The van der Waals surface area contributed by atoms with Gasteiger partial charge in [-0.15, -0.1) is 6.07 Å². The van der Waals surface area contributed by atoms with Gasteiger partial charge in [0.2, 0.25) is 0 Å². The standard InChI is InChI=1S/C24H16N4O.Pt/c1-2-8-21(9-3-1)28(22-10-4-7-19(17-22)20-13-16-29-18-20)24-12-5-11-23(26-24)27-15-6-14-25-27;/h1-12,14-16,18H;/q-2;+2. The van der Waals surface area contributed by atoms with E-state index in [0.29, 0.717) is 0 Å². The van der Waals surface area contributed by atoms with Crippen LogP contribution >= 0.6 is 0 Å². The Balaban J connectivity index is 0.00000218. The molecule has 148 valence electrons. The first kappa shape index (κ1) is 19.9. The van der Waals surface area contributed by atoms with Crippen LogP contribution in [0.4, 0.5) is 17.2 Å². The maximum atomic E-state index is 5.18. The zero-order chi connectivity index (χ0) is 19.5. The van der Waals surface area contributed by atoms with Crippen LogP contribution in [0.5, 0.6) is 0 Å². The fourth-order valence-corrected chi connectivity index (χ4v) is 3.16. The fraction of sp³-hybridized carbons (Fsp3) is 0. The maximum absolute atomic E-state index is 5.18. The van der Waals surface area contributed by atoms with Gasteiger partial charge < -0.3 is 9.32 Å². The molecular formula is C24H16N4OPt. The molecule has 0 saturated heterocycles. The number of pyridine rings is 1. The Morgan fingerprint density at radius 3 is 2.50 bits per heavy atom. The molecule has 0 atom stereocenters. The van der Waals surface area contributed by atoms with Crippen molar-refractivity contribution in [3.8, 4) is 16.9 Å². The molecular weight excluding hydrogens is 555 g/mol. The van der Waals surface area contributed by atoms with Crippen molar-refractivity contribution >= 4 is 17.2 Å². The van der Waals surface area contributed by atoms with Crippen molar-refractivity contribution in [3.63, 3.8) is 0 Å². The molecule has 0 fully saturated rings. The predicted octanol–water partition coefficient (Wildman–Crippen LogP) is 5.59. The van der Waals surface area contributed by atoms with Gasteiger partial charge in [0, 0.05) is 24.3 Å². The summed E-state index contributed by atoms with van der Waals surface area (Å²) in [5.74, 6) is 1.52. The van der Waals surface area contributed by atoms with Crippen LogP contribution in [0.1, 0.15) is 0 Å². The monoisotopic (exact) mass is 571 g/mol. The van der Waals surface area contributed by atoms with E-state index in [1.165, 1.54) is 0 Å². The molecule has 0 spiro atoms. The summed E-state index contributed by atoms with van der Waals surface area (Å²) < 4.78 is 6.93. The summed E-state index contributed by atoms with van der Waals surface area (Å²) in [5, 5.41) is 4.29. The number of aromatic nitrogens is 3. The third-order valence-corrected chi connectivity index (χ3v) is 4.48. The van der Waals surface area contributed by atoms with Gasteiger partial charge in [0.05, 0.1) is 0 Å². The van der Waals surface area contributed by atoms with Crippen LogP contribution < -0.4 is 4.90 Å². The summed E-state index contributed by atoms with van der Waals surface area (Å²) in [6.45, 7) is 0. The van der Waals surface area contributed by atoms with Crippen LogP contribution in [-0.2, 0) is 21.1 Å². The third-order valence-electron chi connectivity index (χ3n) is 4.48. The molecule has 2 aromatic carbocycles. The van der Waals surface area contributed by atoms with Crippen molar-refractivity contribution in [3.05, 3.63) is 110 Å². The number of hydrogen-bond acceptors (Lipinski definition) is 4. The van der Waals surface area contributed by atoms with E-state index < -0.39 is 0 Å². The van der Waals surface area contributed by atoms with Crippen molar-refractivity contribution in [2.24, 2.45) is 0 Å². The molecule has 0 aliphatic rings. The van der Waals surface area contributed by atoms with Crippen LogP contribution in [0.25, 0.3) is 16.9 Å². The second-order valence-electron chi connectivity index (χ2n) is 6.36. The topological polar surface area (TPSA) is 47.1 Å². The van der Waals surface area contributed by atoms with Crippen molar-refractivity contribution in [2.75, 3.05) is 4.90 Å². The normalized spacial score (nSPS) is 10.4. The molecule has 5 aromatic rings. The Morgan fingerprint density at radius 1 is 0.867 bits per heavy atom. The number of para-hydroxylation sites is 1. The van der Waals surface area contributed by atoms with Gasteiger partial charge in [-0.2, -0.15) is 23.3 Å². The van der Waals surface area contributed by atoms with Crippen LogP contribution in [0.2, 0.25) is 0 Å². The van der Waals surface area contributed by atoms with Gasteiger partial charge in [0.15, 0.2) is 5.82 Å². The average Bonchev–Trinajstić information content (AvgIpc) is 3.50. The third kappa shape index (κ3) is 3.98. The first-order valence-electron chi connectivity index (χ1n) is 9.17. The summed E-state index contributed by atoms with van der Waals surface area (Å²) in [6, 6.07) is 30.4. The Kier molecular flexibility index (Phi) is 5.91. The summed E-state index contributed by atoms with van der Waals surface area (Å²) in [4.78, 5) is 6.91. The summed E-state index contributed by atoms with van der Waals surface area (Å²) in [5.41, 5.74) is 3.62. The minimum atomic E-state index is 0. The molecule has 0 radical (unpaired) electrons. The Labute approximate surface area is 188 Å². The van der Waals surface area contributed by atoms with E-state index in [1.54, 1.807) is 23.4 Å². The van der Waals surface area contributed by atoms with Gasteiger partial charge in [-0.25, -0.2) is 21.3 Å². The van der Waals surface area contributed by atoms with Crippen molar-refractivity contribution in [1.82, 2.24) is 14.8 Å². The molecule has 0 saturated carbocycles. The Morgan fingerprint density at radius 2 is 1.73 bits per heavy atom. The molecule has 0 aliphatic carbocycles. The molecule has 0 bridgehead atoms. The molecule has 0 unspecified atom stereocenters. The van der Waals surface area contributed by atoms with E-state index in [9.17, 15) is 0 Å². The first-order valence-corrected chi connectivity index (χ1v) is 9.17. The minimum Gasteiger partial charge on any atom is -0.553 e. The number of nitrogens with zero attached hydrogens (tertiary/aromatic N) is 4. The van der Waals surface area contributed by atoms with Crippen molar-refractivity contribution in [2.45, 2.75) is 0 Å². The van der Waals surface area contributed by atoms with Gasteiger partial charge in [-0.05, 0) is 36.0 Å². The van der Waals surface area contributed by atoms with E-state index in [1.807, 2.05) is 79.0 Å². The molecule has 0 amide bonds. The van der Waals surface area contributed by atoms with Gasteiger partial charge in [0.1, 0.15) is 5.82 Å². The van der Waals surface area contributed by atoms with E-state index in [2.05, 4.69) is 22.1 Å². The molecule has 6 heteroatoms. The van der Waals surface area contributed by atoms with Gasteiger partial charge in [-0.1, -0.05) is 30.5 Å². The number of anilines is 3. The fourth-order valence-electron chi connectivity index (χ4n) is 3.16. The zero-order valence-electron chi connectivity index (χ0n) is 15.8. The minimum absolute atomic E-state index is 0. The second kappa shape index (κ2) is 8.93. The SMILES string of the molecule is [Pt+2].[c-]1cocc1-c1[c-]c(N(c2ccccc2)c2cccc(-n3cccn3)n2)ccc1. The van der Waals surface area contributed by atoms with E-state index in [-0.39, 0.29) is 21.1 Å². The zero-order valence-corrected chi connectivity index (χ0v) is 18.0. The van der Waals surface area contributed by atoms with E-state index >= 15 is 0 Å². The van der Waals surface area contributed by atoms with Gasteiger partial charge in [0.25, 0.3) is 0 Å². The van der Waals surface area contributed by atoms with Crippen molar-refractivity contribution < 1.29 is 25.5 Å². The number of rotatable bonds is 5. The van der Waals surface area contributed by atoms with Gasteiger partial charge in [-0.3, -0.25) is 5.56 Å². The largest absolute Gasteiger partial charge is 2.00 e. The smallest absolute Gasteiger partial charge is 0.553 e. The molecule has 3 heterocycles. The maximum Gasteiger partial charge on any atom is 2.00 e. The Hall–Kier alpha value is -3.43. The molecule has 3 aromatic heterocycles. The number of furan rings is 1. The molecule has 0 aliphatic heterocycles. The summed E-state index contributed by atoms with van der Waals surface area (Å²) in [7, 11) is 0. The van der Waals surface area contributed by atoms with Crippen LogP contribution in [-0.4, -0.2) is 14.8 Å². The molecule has 0 N–H and O–H groups in total. The number of benzene rings is 2. The average molecular weight is 571 g/mol. The van der Waals surface area contributed by atoms with Crippen LogP contribution in [0.3, 0.4) is 0 Å². The quantitative estimate of drug-likeness (QED) is 0.258. The second-order valence-corrected chi connectivity index (χ2v) is 6.36. The molecule has 30 heavy (non-hydrogen) atoms. The predicted molar refractivity (Wildman–Crippen MR) is 111 cm³/mol. The summed E-state index contributed by atoms with van der Waals surface area (Å²) in [6.07, 6.45) is 6.82. The molecule has 5 rings (SSSR count). The van der Waals surface area contributed by atoms with Gasteiger partial charge >= 0.3 is 21.1 Å². The van der Waals surface area contributed by atoms with E-state index in [0.717, 1.165) is 34.1 Å². The number of hydrogen-bond donors (Lipinski definition) is 0.